The molecule has 0 fully saturated rings. The molecule has 0 aliphatic rings. The Kier molecular flexibility index (Phi) is 3.78. The van der Waals surface area contributed by atoms with E-state index in [2.05, 4.69) is 32.2 Å². The van der Waals surface area contributed by atoms with Crippen molar-refractivity contribution in [3.63, 3.8) is 0 Å². The zero-order valence-corrected chi connectivity index (χ0v) is 10.3. The quantitative estimate of drug-likeness (QED) is 0.844. The van der Waals surface area contributed by atoms with Gasteiger partial charge in [0.15, 0.2) is 0 Å². The molecular weight excluding hydrogens is 200 g/mol. The van der Waals surface area contributed by atoms with Crippen molar-refractivity contribution in [2.24, 2.45) is 0 Å². The molecule has 0 unspecified atom stereocenters. The van der Waals surface area contributed by atoms with Crippen molar-refractivity contribution in [2.45, 2.75) is 32.7 Å². The summed E-state index contributed by atoms with van der Waals surface area (Å²) in [6.45, 7) is 6.32. The first-order chi connectivity index (χ1) is 7.52. The Labute approximate surface area is 97.0 Å². The molecule has 0 saturated carbocycles. The van der Waals surface area contributed by atoms with E-state index in [9.17, 15) is 0 Å². The van der Waals surface area contributed by atoms with E-state index < -0.39 is 0 Å². The van der Waals surface area contributed by atoms with Crippen LogP contribution in [0.4, 0.5) is 5.69 Å². The summed E-state index contributed by atoms with van der Waals surface area (Å²) in [6.07, 6.45) is 0.981. The molecule has 86 valence electrons. The second-order valence-electron chi connectivity index (χ2n) is 4.39. The summed E-state index contributed by atoms with van der Waals surface area (Å²) in [5.41, 5.74) is 1.44. The molecule has 0 radical (unpaired) electrons. The maximum atomic E-state index is 9.02. The van der Waals surface area contributed by atoms with Crippen LogP contribution in [0.15, 0.2) is 18.2 Å². The molecule has 0 atom stereocenters. The highest BCUT2D eigenvalue weighted by Crippen LogP contribution is 2.25. The van der Waals surface area contributed by atoms with E-state index in [1.807, 2.05) is 6.07 Å². The molecule has 0 heterocycles. The van der Waals surface area contributed by atoms with Crippen molar-refractivity contribution in [1.82, 2.24) is 0 Å². The van der Waals surface area contributed by atoms with E-state index in [-0.39, 0.29) is 5.54 Å². The minimum atomic E-state index is -0.0298. The van der Waals surface area contributed by atoms with Crippen molar-refractivity contribution >= 4 is 5.69 Å². The summed E-state index contributed by atoms with van der Waals surface area (Å²) < 4.78 is 5.15. The molecule has 1 N–H and O–H groups in total. The lowest BCUT2D eigenvalue weighted by molar-refractivity contribution is 0.414. The Hall–Kier alpha value is -1.69. The molecule has 3 heteroatoms. The molecule has 3 nitrogen and oxygen atoms in total. The lowest BCUT2D eigenvalue weighted by Crippen LogP contribution is -2.30. The fourth-order valence-corrected chi connectivity index (χ4v) is 1.30. The Balaban J connectivity index is 3.06. The molecule has 1 rings (SSSR count). The van der Waals surface area contributed by atoms with Gasteiger partial charge in [0.05, 0.1) is 18.4 Å². The summed E-state index contributed by atoms with van der Waals surface area (Å²) in [7, 11) is 1.62. The smallest absolute Gasteiger partial charge is 0.121 e. The summed E-state index contributed by atoms with van der Waals surface area (Å²) in [5, 5.41) is 12.4. The first-order valence-corrected chi connectivity index (χ1v) is 5.38. The predicted molar refractivity (Wildman–Crippen MR) is 65.7 cm³/mol. The average molecular weight is 218 g/mol. The van der Waals surface area contributed by atoms with Crippen LogP contribution in [-0.4, -0.2) is 12.6 Å². The third kappa shape index (κ3) is 2.90. The van der Waals surface area contributed by atoms with Crippen LogP contribution in [-0.2, 0) is 0 Å². The van der Waals surface area contributed by atoms with E-state index in [1.54, 1.807) is 19.2 Å². The van der Waals surface area contributed by atoms with Crippen molar-refractivity contribution in [3.05, 3.63) is 23.8 Å². The molecule has 0 bridgehead atoms. The minimum absolute atomic E-state index is 0.0298. The van der Waals surface area contributed by atoms with Crippen LogP contribution in [0.3, 0.4) is 0 Å². The van der Waals surface area contributed by atoms with Crippen molar-refractivity contribution in [1.29, 1.82) is 5.26 Å². The number of anilines is 1. The number of nitriles is 1. The van der Waals surface area contributed by atoms with E-state index in [0.29, 0.717) is 5.56 Å². The van der Waals surface area contributed by atoms with Crippen molar-refractivity contribution in [3.8, 4) is 11.8 Å². The van der Waals surface area contributed by atoms with Gasteiger partial charge >= 0.3 is 0 Å². The number of hydrogen-bond donors (Lipinski definition) is 1. The molecule has 1 aromatic carbocycles. The lowest BCUT2D eigenvalue weighted by atomic mass is 10.0. The Bertz CT molecular complexity index is 405. The number of ether oxygens (including phenoxy) is 1. The van der Waals surface area contributed by atoms with E-state index in [4.69, 9.17) is 10.00 Å². The number of nitrogens with one attached hydrogen (secondary N) is 1. The third-order valence-corrected chi connectivity index (χ3v) is 2.70. The molecule has 1 aromatic rings. The van der Waals surface area contributed by atoms with Crippen LogP contribution >= 0.6 is 0 Å². The zero-order valence-electron chi connectivity index (χ0n) is 10.3. The number of rotatable bonds is 4. The highest BCUT2D eigenvalue weighted by atomic mass is 16.5. The van der Waals surface area contributed by atoms with Gasteiger partial charge in [-0.25, -0.2) is 0 Å². The molecule has 0 aliphatic carbocycles. The fraction of sp³-hybridized carbons (Fsp3) is 0.462. The normalized spacial score (nSPS) is 10.7. The maximum Gasteiger partial charge on any atom is 0.121 e. The molecule has 0 spiro atoms. The number of methoxy groups -OCH3 is 1. The van der Waals surface area contributed by atoms with Crippen molar-refractivity contribution in [2.75, 3.05) is 12.4 Å². The monoisotopic (exact) mass is 218 g/mol. The van der Waals surface area contributed by atoms with Gasteiger partial charge in [-0.05, 0) is 32.4 Å². The standard InChI is InChI=1S/C13H18N2O/c1-5-13(2,3)15-12-8-11(16-4)7-6-10(12)9-14/h6-8,15H,5H2,1-4H3. The zero-order chi connectivity index (χ0) is 12.2. The molecule has 0 aromatic heterocycles. The highest BCUT2D eigenvalue weighted by Gasteiger charge is 2.16. The second-order valence-corrected chi connectivity index (χ2v) is 4.39. The van der Waals surface area contributed by atoms with E-state index in [0.717, 1.165) is 17.9 Å². The van der Waals surface area contributed by atoms with E-state index >= 15 is 0 Å². The molecule has 0 saturated heterocycles. The van der Waals surface area contributed by atoms with Crippen LogP contribution in [0.25, 0.3) is 0 Å². The largest absolute Gasteiger partial charge is 0.497 e. The SMILES string of the molecule is CCC(C)(C)Nc1cc(OC)ccc1C#N. The maximum absolute atomic E-state index is 9.02. The van der Waals surface area contributed by atoms with Gasteiger partial charge in [-0.2, -0.15) is 5.26 Å². The Morgan fingerprint density at radius 1 is 1.44 bits per heavy atom. The van der Waals surface area contributed by atoms with Gasteiger partial charge in [-0.3, -0.25) is 0 Å². The summed E-state index contributed by atoms with van der Waals surface area (Å²) >= 11 is 0. The first-order valence-electron chi connectivity index (χ1n) is 5.38. The summed E-state index contributed by atoms with van der Waals surface area (Å²) in [6, 6.07) is 7.60. The number of benzene rings is 1. The van der Waals surface area contributed by atoms with Gasteiger partial charge in [-0.1, -0.05) is 6.92 Å². The van der Waals surface area contributed by atoms with Crippen LogP contribution in [0, 0.1) is 11.3 Å². The Morgan fingerprint density at radius 3 is 2.62 bits per heavy atom. The van der Waals surface area contributed by atoms with Crippen LogP contribution < -0.4 is 10.1 Å². The summed E-state index contributed by atoms with van der Waals surface area (Å²) in [4.78, 5) is 0. The predicted octanol–water partition coefficient (Wildman–Crippen LogP) is 3.17. The third-order valence-electron chi connectivity index (χ3n) is 2.70. The van der Waals surface area contributed by atoms with Gasteiger partial charge in [0.25, 0.3) is 0 Å². The fourth-order valence-electron chi connectivity index (χ4n) is 1.30. The van der Waals surface area contributed by atoms with Crippen molar-refractivity contribution < 1.29 is 4.74 Å². The van der Waals surface area contributed by atoms with Crippen LogP contribution in [0.1, 0.15) is 32.8 Å². The lowest BCUT2D eigenvalue weighted by Gasteiger charge is -2.26. The average Bonchev–Trinajstić information content (AvgIpc) is 2.28. The highest BCUT2D eigenvalue weighted by molar-refractivity contribution is 5.61. The Morgan fingerprint density at radius 2 is 2.12 bits per heavy atom. The van der Waals surface area contributed by atoms with Gasteiger partial charge in [-0.15, -0.1) is 0 Å². The van der Waals surface area contributed by atoms with Gasteiger partial charge in [0, 0.05) is 11.6 Å². The minimum Gasteiger partial charge on any atom is -0.497 e. The molecule has 0 amide bonds. The first kappa shape index (κ1) is 12.4. The molecule has 0 aliphatic heterocycles. The topological polar surface area (TPSA) is 45.0 Å². The van der Waals surface area contributed by atoms with Gasteiger partial charge in [0.2, 0.25) is 0 Å². The van der Waals surface area contributed by atoms with Gasteiger partial charge < -0.3 is 10.1 Å². The molecular formula is C13H18N2O. The van der Waals surface area contributed by atoms with E-state index in [1.165, 1.54) is 0 Å². The summed E-state index contributed by atoms with van der Waals surface area (Å²) in [5.74, 6) is 0.758. The number of nitrogens with zero attached hydrogens (tertiary/aromatic N) is 1. The second kappa shape index (κ2) is 4.89. The van der Waals surface area contributed by atoms with Gasteiger partial charge in [0.1, 0.15) is 11.8 Å². The van der Waals surface area contributed by atoms with Crippen LogP contribution in [0.5, 0.6) is 5.75 Å². The van der Waals surface area contributed by atoms with Crippen LogP contribution in [0.2, 0.25) is 0 Å². The number of hydrogen-bond acceptors (Lipinski definition) is 3. The molecule has 16 heavy (non-hydrogen) atoms.